The lowest BCUT2D eigenvalue weighted by Gasteiger charge is -2.08. The highest BCUT2D eigenvalue weighted by Gasteiger charge is 2.12. The minimum absolute atomic E-state index is 0.183. The maximum atomic E-state index is 12.4. The Labute approximate surface area is 193 Å². The van der Waals surface area contributed by atoms with Gasteiger partial charge in [0.15, 0.2) is 6.61 Å². The fraction of sp³-hybridized carbons (Fsp3) is 0.0870. The standard InChI is InChI=1S/C23H18BrClN2O4/c1-15-3-2-4-20(11-15)30-14-22(28)27-26-13-17-12-18(24)7-10-21(17)31-23(29)16-5-8-19(25)9-6-16/h2-13H,14H2,1H3,(H,27,28). The zero-order chi connectivity index (χ0) is 22.2. The monoisotopic (exact) mass is 500 g/mol. The van der Waals surface area contributed by atoms with Crippen molar-refractivity contribution in [2.75, 3.05) is 6.61 Å². The van der Waals surface area contributed by atoms with E-state index >= 15 is 0 Å². The molecule has 0 atom stereocenters. The molecule has 0 aliphatic heterocycles. The van der Waals surface area contributed by atoms with Crippen LogP contribution in [0.25, 0.3) is 0 Å². The van der Waals surface area contributed by atoms with Crippen LogP contribution in [-0.4, -0.2) is 24.7 Å². The molecule has 0 radical (unpaired) electrons. The number of benzene rings is 3. The number of aryl methyl sites for hydroxylation is 1. The summed E-state index contributed by atoms with van der Waals surface area (Å²) in [4.78, 5) is 24.4. The molecule has 0 aliphatic rings. The van der Waals surface area contributed by atoms with Crippen LogP contribution in [0.5, 0.6) is 11.5 Å². The number of ether oxygens (including phenoxy) is 2. The van der Waals surface area contributed by atoms with Gasteiger partial charge in [-0.1, -0.05) is 39.7 Å². The zero-order valence-electron chi connectivity index (χ0n) is 16.5. The molecule has 0 unspecified atom stereocenters. The molecule has 3 rings (SSSR count). The van der Waals surface area contributed by atoms with Crippen LogP contribution < -0.4 is 14.9 Å². The van der Waals surface area contributed by atoms with Gasteiger partial charge in [-0.3, -0.25) is 4.79 Å². The molecule has 0 fully saturated rings. The minimum atomic E-state index is -0.538. The molecule has 158 valence electrons. The molecule has 0 heterocycles. The van der Waals surface area contributed by atoms with Gasteiger partial charge in [-0.25, -0.2) is 10.2 Å². The second-order valence-corrected chi connectivity index (χ2v) is 7.83. The summed E-state index contributed by atoms with van der Waals surface area (Å²) in [5.41, 5.74) is 4.28. The highest BCUT2D eigenvalue weighted by molar-refractivity contribution is 9.10. The molecule has 31 heavy (non-hydrogen) atoms. The Morgan fingerprint density at radius 2 is 1.87 bits per heavy atom. The summed E-state index contributed by atoms with van der Waals surface area (Å²) in [5, 5.41) is 4.45. The van der Waals surface area contributed by atoms with Gasteiger partial charge >= 0.3 is 5.97 Å². The number of nitrogens with one attached hydrogen (secondary N) is 1. The summed E-state index contributed by atoms with van der Waals surface area (Å²) in [6.07, 6.45) is 1.39. The number of rotatable bonds is 7. The van der Waals surface area contributed by atoms with Crippen LogP contribution in [0.1, 0.15) is 21.5 Å². The molecule has 0 spiro atoms. The van der Waals surface area contributed by atoms with Crippen LogP contribution in [0.4, 0.5) is 0 Å². The summed E-state index contributed by atoms with van der Waals surface area (Å²) < 4.78 is 11.7. The van der Waals surface area contributed by atoms with E-state index in [0.717, 1.165) is 10.0 Å². The highest BCUT2D eigenvalue weighted by Crippen LogP contribution is 2.23. The predicted molar refractivity (Wildman–Crippen MR) is 123 cm³/mol. The van der Waals surface area contributed by atoms with Crippen LogP contribution in [0.3, 0.4) is 0 Å². The van der Waals surface area contributed by atoms with E-state index in [0.29, 0.717) is 21.9 Å². The van der Waals surface area contributed by atoms with E-state index in [2.05, 4.69) is 26.5 Å². The third-order valence-electron chi connectivity index (χ3n) is 4.01. The second-order valence-electron chi connectivity index (χ2n) is 6.48. The highest BCUT2D eigenvalue weighted by atomic mass is 79.9. The lowest BCUT2D eigenvalue weighted by atomic mass is 10.2. The molecule has 8 heteroatoms. The molecular formula is C23H18BrClN2O4. The lowest BCUT2D eigenvalue weighted by Crippen LogP contribution is -2.24. The van der Waals surface area contributed by atoms with Gasteiger partial charge in [-0.2, -0.15) is 5.10 Å². The van der Waals surface area contributed by atoms with Crippen molar-refractivity contribution in [2.24, 2.45) is 5.10 Å². The van der Waals surface area contributed by atoms with Gasteiger partial charge in [0.2, 0.25) is 0 Å². The Hall–Kier alpha value is -3.16. The van der Waals surface area contributed by atoms with E-state index < -0.39 is 11.9 Å². The Morgan fingerprint density at radius 1 is 1.10 bits per heavy atom. The Bertz CT molecular complexity index is 1120. The first kappa shape index (κ1) is 22.5. The summed E-state index contributed by atoms with van der Waals surface area (Å²) >= 11 is 9.22. The summed E-state index contributed by atoms with van der Waals surface area (Å²) in [7, 11) is 0. The van der Waals surface area contributed by atoms with Crippen molar-refractivity contribution in [1.29, 1.82) is 0 Å². The van der Waals surface area contributed by atoms with E-state index in [1.54, 1.807) is 48.5 Å². The molecule has 0 saturated heterocycles. The maximum Gasteiger partial charge on any atom is 0.343 e. The van der Waals surface area contributed by atoms with Crippen molar-refractivity contribution >= 4 is 45.6 Å². The number of carbonyl (C=O) groups is 2. The van der Waals surface area contributed by atoms with Gasteiger partial charge in [0.25, 0.3) is 5.91 Å². The molecule has 0 saturated carbocycles. The zero-order valence-corrected chi connectivity index (χ0v) is 18.8. The molecule has 0 aromatic heterocycles. The number of amides is 1. The average Bonchev–Trinajstić information content (AvgIpc) is 2.74. The van der Waals surface area contributed by atoms with Crippen molar-refractivity contribution in [3.05, 3.63) is 92.9 Å². The van der Waals surface area contributed by atoms with Crippen molar-refractivity contribution in [1.82, 2.24) is 5.43 Å². The number of carbonyl (C=O) groups excluding carboxylic acids is 2. The van der Waals surface area contributed by atoms with Crippen LogP contribution in [-0.2, 0) is 4.79 Å². The fourth-order valence-corrected chi connectivity index (χ4v) is 3.02. The molecule has 0 aliphatic carbocycles. The third-order valence-corrected chi connectivity index (χ3v) is 4.75. The van der Waals surface area contributed by atoms with Crippen molar-refractivity contribution in [2.45, 2.75) is 6.92 Å². The van der Waals surface area contributed by atoms with Gasteiger partial charge in [-0.15, -0.1) is 0 Å². The summed E-state index contributed by atoms with van der Waals surface area (Å²) in [6.45, 7) is 1.75. The number of hydrogen-bond acceptors (Lipinski definition) is 5. The van der Waals surface area contributed by atoms with Gasteiger partial charge in [0.1, 0.15) is 11.5 Å². The van der Waals surface area contributed by atoms with E-state index in [1.807, 2.05) is 25.1 Å². The second kappa shape index (κ2) is 10.7. The van der Waals surface area contributed by atoms with Crippen LogP contribution in [0, 0.1) is 6.92 Å². The van der Waals surface area contributed by atoms with Gasteiger partial charge < -0.3 is 9.47 Å². The largest absolute Gasteiger partial charge is 0.484 e. The lowest BCUT2D eigenvalue weighted by molar-refractivity contribution is -0.123. The molecule has 1 amide bonds. The average molecular weight is 502 g/mol. The molecule has 1 N–H and O–H groups in total. The minimum Gasteiger partial charge on any atom is -0.484 e. The number of hydrazone groups is 1. The van der Waals surface area contributed by atoms with E-state index in [-0.39, 0.29) is 12.4 Å². The quantitative estimate of drug-likeness (QED) is 0.210. The topological polar surface area (TPSA) is 77.0 Å². The Balaban J connectivity index is 1.61. The Kier molecular flexibility index (Phi) is 7.81. The van der Waals surface area contributed by atoms with E-state index in [4.69, 9.17) is 21.1 Å². The van der Waals surface area contributed by atoms with Crippen LogP contribution in [0.2, 0.25) is 5.02 Å². The predicted octanol–water partition coefficient (Wildman–Crippen LogP) is 5.16. The number of esters is 1. The van der Waals surface area contributed by atoms with Gasteiger partial charge in [0, 0.05) is 15.1 Å². The van der Waals surface area contributed by atoms with Gasteiger partial charge in [-0.05, 0) is 67.1 Å². The van der Waals surface area contributed by atoms with Crippen LogP contribution in [0.15, 0.2) is 76.3 Å². The SMILES string of the molecule is Cc1cccc(OCC(=O)NN=Cc2cc(Br)ccc2OC(=O)c2ccc(Cl)cc2)c1. The van der Waals surface area contributed by atoms with Crippen LogP contribution >= 0.6 is 27.5 Å². The molecule has 3 aromatic carbocycles. The summed E-state index contributed by atoms with van der Waals surface area (Å²) in [6, 6.07) is 18.8. The smallest absolute Gasteiger partial charge is 0.343 e. The first-order valence-corrected chi connectivity index (χ1v) is 10.4. The normalized spacial score (nSPS) is 10.7. The number of nitrogens with zero attached hydrogens (tertiary/aromatic N) is 1. The van der Waals surface area contributed by atoms with Crippen molar-refractivity contribution in [3.8, 4) is 11.5 Å². The first-order chi connectivity index (χ1) is 14.9. The van der Waals surface area contributed by atoms with E-state index in [1.165, 1.54) is 6.21 Å². The fourth-order valence-electron chi connectivity index (χ4n) is 2.52. The van der Waals surface area contributed by atoms with E-state index in [9.17, 15) is 9.59 Å². The third kappa shape index (κ3) is 6.94. The molecular weight excluding hydrogens is 484 g/mol. The number of hydrogen-bond donors (Lipinski definition) is 1. The first-order valence-electron chi connectivity index (χ1n) is 9.19. The molecule has 6 nitrogen and oxygen atoms in total. The molecule has 3 aromatic rings. The Morgan fingerprint density at radius 3 is 2.61 bits per heavy atom. The summed E-state index contributed by atoms with van der Waals surface area (Å²) in [5.74, 6) is -0.0728. The molecule has 0 bridgehead atoms. The number of halogens is 2. The maximum absolute atomic E-state index is 12.4. The van der Waals surface area contributed by atoms with Crippen molar-refractivity contribution in [3.63, 3.8) is 0 Å². The van der Waals surface area contributed by atoms with Crippen molar-refractivity contribution < 1.29 is 19.1 Å². The van der Waals surface area contributed by atoms with Gasteiger partial charge in [0.05, 0.1) is 11.8 Å².